The van der Waals surface area contributed by atoms with Crippen molar-refractivity contribution in [2.45, 2.75) is 51.0 Å². The van der Waals surface area contributed by atoms with E-state index in [1.807, 2.05) is 22.9 Å². The van der Waals surface area contributed by atoms with Crippen molar-refractivity contribution in [3.8, 4) is 0 Å². The fourth-order valence-corrected chi connectivity index (χ4v) is 4.34. The molecule has 0 bridgehead atoms. The van der Waals surface area contributed by atoms with Gasteiger partial charge in [-0.1, -0.05) is 19.9 Å². The summed E-state index contributed by atoms with van der Waals surface area (Å²) < 4.78 is 26.0. The molecule has 0 amide bonds. The Morgan fingerprint density at radius 1 is 1.28 bits per heavy atom. The van der Waals surface area contributed by atoms with Crippen LogP contribution in [0.5, 0.6) is 0 Å². The smallest absolute Gasteiger partial charge is 0.227 e. The molecule has 0 aliphatic carbocycles. The molecule has 0 spiro atoms. The minimum absolute atomic E-state index is 0.171. The average molecular weight is 362 g/mol. The van der Waals surface area contributed by atoms with Crippen molar-refractivity contribution in [1.29, 1.82) is 0 Å². The van der Waals surface area contributed by atoms with E-state index in [1.54, 1.807) is 6.20 Å². The van der Waals surface area contributed by atoms with Crippen LogP contribution in [-0.4, -0.2) is 40.7 Å². The molecule has 7 heteroatoms. The molecule has 0 radical (unpaired) electrons. The van der Waals surface area contributed by atoms with Crippen LogP contribution >= 0.6 is 0 Å². The maximum absolute atomic E-state index is 12.1. The second-order valence-electron chi connectivity index (χ2n) is 7.19. The number of aromatic nitrogens is 3. The van der Waals surface area contributed by atoms with Crippen LogP contribution in [0.4, 0.5) is 0 Å². The number of sulfone groups is 1. The van der Waals surface area contributed by atoms with Gasteiger partial charge in [0.05, 0.1) is 23.6 Å². The lowest BCUT2D eigenvalue weighted by atomic mass is 10.1. The molecule has 3 heterocycles. The Morgan fingerprint density at radius 2 is 2.08 bits per heavy atom. The Kier molecular flexibility index (Phi) is 5.24. The summed E-state index contributed by atoms with van der Waals surface area (Å²) in [4.78, 5) is 11.1. The van der Waals surface area contributed by atoms with E-state index in [4.69, 9.17) is 0 Å². The topological polar surface area (TPSA) is 68.1 Å². The lowest BCUT2D eigenvalue weighted by Crippen LogP contribution is -2.26. The molecule has 136 valence electrons. The molecular weight excluding hydrogens is 336 g/mol. The van der Waals surface area contributed by atoms with E-state index >= 15 is 0 Å². The Hall–Kier alpha value is -1.73. The molecule has 1 atom stereocenters. The van der Waals surface area contributed by atoms with Crippen LogP contribution in [0, 0.1) is 5.92 Å². The summed E-state index contributed by atoms with van der Waals surface area (Å²) in [5.41, 5.74) is 2.04. The van der Waals surface area contributed by atoms with Crippen molar-refractivity contribution >= 4 is 9.84 Å². The monoisotopic (exact) mass is 362 g/mol. The first-order valence-corrected chi connectivity index (χ1v) is 10.6. The lowest BCUT2D eigenvalue weighted by Gasteiger charge is -2.25. The quantitative estimate of drug-likeness (QED) is 0.790. The number of nitrogens with zero attached hydrogens (tertiary/aromatic N) is 4. The van der Waals surface area contributed by atoms with Crippen LogP contribution in [0.2, 0.25) is 0 Å². The van der Waals surface area contributed by atoms with Gasteiger partial charge < -0.3 is 4.57 Å². The molecule has 3 rings (SSSR count). The maximum atomic E-state index is 12.1. The summed E-state index contributed by atoms with van der Waals surface area (Å²) in [6, 6.07) is 6.30. The van der Waals surface area contributed by atoms with Crippen LogP contribution in [0.25, 0.3) is 0 Å². The Bertz CT molecular complexity index is 815. The van der Waals surface area contributed by atoms with E-state index in [0.717, 1.165) is 30.8 Å². The van der Waals surface area contributed by atoms with Gasteiger partial charge in [-0.05, 0) is 37.4 Å². The van der Waals surface area contributed by atoms with Gasteiger partial charge in [0.2, 0.25) is 15.0 Å². The average Bonchev–Trinajstić information content (AvgIpc) is 3.15. The first kappa shape index (κ1) is 18.1. The van der Waals surface area contributed by atoms with Gasteiger partial charge in [-0.15, -0.1) is 0 Å². The summed E-state index contributed by atoms with van der Waals surface area (Å²) in [7, 11) is -3.34. The molecule has 1 fully saturated rings. The molecule has 1 aliphatic heterocycles. The summed E-state index contributed by atoms with van der Waals surface area (Å²) in [6.45, 7) is 6.50. The molecule has 2 aromatic rings. The normalized spacial score (nSPS) is 19.0. The highest BCUT2D eigenvalue weighted by atomic mass is 32.2. The van der Waals surface area contributed by atoms with Gasteiger partial charge in [0.15, 0.2) is 0 Å². The molecule has 0 N–H and O–H groups in total. The highest BCUT2D eigenvalue weighted by Gasteiger charge is 2.29. The van der Waals surface area contributed by atoms with Gasteiger partial charge in [0.25, 0.3) is 0 Å². The third-order valence-electron chi connectivity index (χ3n) is 4.54. The molecule has 0 aromatic carbocycles. The number of pyridine rings is 1. The van der Waals surface area contributed by atoms with E-state index < -0.39 is 9.84 Å². The second-order valence-corrected chi connectivity index (χ2v) is 9.10. The standard InChI is InChI=1S/C18H26N4O2S/c1-14(2)12-22-15(11-20-18(22)25(3,23)24)13-21-10-6-8-17(21)16-7-4-5-9-19-16/h4-5,7,9,11,14,17H,6,8,10,12-13H2,1-3H3. The van der Waals surface area contributed by atoms with E-state index in [1.165, 1.54) is 6.26 Å². The van der Waals surface area contributed by atoms with Crippen LogP contribution < -0.4 is 0 Å². The minimum atomic E-state index is -3.34. The van der Waals surface area contributed by atoms with Crippen LogP contribution in [0.15, 0.2) is 35.7 Å². The van der Waals surface area contributed by atoms with Crippen LogP contribution in [0.3, 0.4) is 0 Å². The molecule has 1 aliphatic rings. The summed E-state index contributed by atoms with van der Waals surface area (Å²) in [6.07, 6.45) is 6.97. The SMILES string of the molecule is CC(C)Cn1c(CN2CCCC2c2ccccn2)cnc1S(C)(=O)=O. The molecule has 2 aromatic heterocycles. The first-order chi connectivity index (χ1) is 11.9. The fraction of sp³-hybridized carbons (Fsp3) is 0.556. The summed E-state index contributed by atoms with van der Waals surface area (Å²) in [5, 5.41) is 0.171. The molecule has 25 heavy (non-hydrogen) atoms. The highest BCUT2D eigenvalue weighted by molar-refractivity contribution is 7.90. The predicted octanol–water partition coefficient (Wildman–Crippen LogP) is 2.67. The zero-order valence-corrected chi connectivity index (χ0v) is 15.9. The Morgan fingerprint density at radius 3 is 2.72 bits per heavy atom. The molecule has 6 nitrogen and oxygen atoms in total. The van der Waals surface area contributed by atoms with Crippen molar-refractivity contribution in [1.82, 2.24) is 19.4 Å². The fourth-order valence-electron chi connectivity index (χ4n) is 3.51. The third-order valence-corrected chi connectivity index (χ3v) is 5.53. The first-order valence-electron chi connectivity index (χ1n) is 8.75. The predicted molar refractivity (Wildman–Crippen MR) is 96.8 cm³/mol. The second kappa shape index (κ2) is 7.25. The highest BCUT2D eigenvalue weighted by Crippen LogP contribution is 2.32. The third kappa shape index (κ3) is 4.10. The van der Waals surface area contributed by atoms with E-state index in [2.05, 4.69) is 34.8 Å². The summed E-state index contributed by atoms with van der Waals surface area (Å²) in [5.74, 6) is 0.346. The van der Waals surface area contributed by atoms with Crippen molar-refractivity contribution in [2.75, 3.05) is 12.8 Å². The van der Waals surface area contributed by atoms with Gasteiger partial charge in [0, 0.05) is 25.5 Å². The van der Waals surface area contributed by atoms with Gasteiger partial charge in [-0.25, -0.2) is 13.4 Å². The zero-order valence-electron chi connectivity index (χ0n) is 15.1. The molecule has 0 saturated carbocycles. The van der Waals surface area contributed by atoms with Crippen molar-refractivity contribution in [3.63, 3.8) is 0 Å². The zero-order chi connectivity index (χ0) is 18.0. The number of hydrogen-bond acceptors (Lipinski definition) is 5. The van der Waals surface area contributed by atoms with Crippen molar-refractivity contribution in [3.05, 3.63) is 42.0 Å². The lowest BCUT2D eigenvalue weighted by molar-refractivity contribution is 0.236. The Balaban J connectivity index is 1.88. The van der Waals surface area contributed by atoms with Crippen molar-refractivity contribution < 1.29 is 8.42 Å². The van der Waals surface area contributed by atoms with E-state index in [-0.39, 0.29) is 11.2 Å². The van der Waals surface area contributed by atoms with E-state index in [0.29, 0.717) is 19.0 Å². The van der Waals surface area contributed by atoms with Crippen molar-refractivity contribution in [2.24, 2.45) is 5.92 Å². The van der Waals surface area contributed by atoms with Gasteiger partial charge in [-0.2, -0.15) is 0 Å². The minimum Gasteiger partial charge on any atom is -0.317 e. The van der Waals surface area contributed by atoms with E-state index in [9.17, 15) is 8.42 Å². The van der Waals surface area contributed by atoms with Crippen LogP contribution in [-0.2, 0) is 22.9 Å². The number of imidazole rings is 1. The Labute approximate surface area is 149 Å². The van der Waals surface area contributed by atoms with Crippen LogP contribution in [0.1, 0.15) is 44.1 Å². The maximum Gasteiger partial charge on any atom is 0.227 e. The van der Waals surface area contributed by atoms with Gasteiger partial charge >= 0.3 is 0 Å². The summed E-state index contributed by atoms with van der Waals surface area (Å²) >= 11 is 0. The number of rotatable bonds is 6. The number of likely N-dealkylation sites (tertiary alicyclic amines) is 1. The largest absolute Gasteiger partial charge is 0.317 e. The van der Waals surface area contributed by atoms with Gasteiger partial charge in [0.1, 0.15) is 0 Å². The number of hydrogen-bond donors (Lipinski definition) is 0. The molecule has 1 saturated heterocycles. The molecule has 1 unspecified atom stereocenters. The molecular formula is C18H26N4O2S. The van der Waals surface area contributed by atoms with Gasteiger partial charge in [-0.3, -0.25) is 9.88 Å².